The second kappa shape index (κ2) is 6.71. The number of piperazine rings is 1. The quantitative estimate of drug-likeness (QED) is 0.725. The molecule has 1 aromatic heterocycles. The molecule has 2 aromatic carbocycles. The third-order valence-electron chi connectivity index (χ3n) is 5.68. The van der Waals surface area contributed by atoms with Gasteiger partial charge in [0.15, 0.2) is 0 Å². The molecule has 0 atom stereocenters. The normalized spacial score (nSPS) is 16.8. The molecule has 2 N–H and O–H groups in total. The van der Waals surface area contributed by atoms with Gasteiger partial charge in [-0.2, -0.15) is 0 Å². The highest BCUT2D eigenvalue weighted by Gasteiger charge is 2.24. The lowest BCUT2D eigenvalue weighted by Gasteiger charge is -2.36. The zero-order valence-corrected chi connectivity index (χ0v) is 15.6. The molecule has 6 nitrogen and oxygen atoms in total. The summed E-state index contributed by atoms with van der Waals surface area (Å²) >= 11 is 0. The molecule has 1 saturated heterocycles. The second-order valence-electron chi connectivity index (χ2n) is 7.44. The number of aromatic nitrogens is 1. The number of fused-ring (bicyclic) bond motifs is 2. The molecule has 1 fully saturated rings. The molecule has 0 unspecified atom stereocenters. The molecule has 5 rings (SSSR count). The number of carbonyl (C=O) groups is 2. The van der Waals surface area contributed by atoms with Gasteiger partial charge < -0.3 is 20.1 Å². The van der Waals surface area contributed by atoms with Crippen molar-refractivity contribution < 1.29 is 9.59 Å². The zero-order valence-electron chi connectivity index (χ0n) is 15.6. The van der Waals surface area contributed by atoms with Crippen molar-refractivity contribution >= 4 is 34.1 Å². The van der Waals surface area contributed by atoms with Gasteiger partial charge in [0.1, 0.15) is 5.69 Å². The fourth-order valence-electron chi connectivity index (χ4n) is 4.09. The molecule has 2 aliphatic rings. The van der Waals surface area contributed by atoms with Gasteiger partial charge in [-0.1, -0.05) is 18.2 Å². The fourth-order valence-corrected chi connectivity index (χ4v) is 4.09. The maximum Gasteiger partial charge on any atom is 0.270 e. The minimum Gasteiger partial charge on any atom is -0.368 e. The van der Waals surface area contributed by atoms with Gasteiger partial charge in [0, 0.05) is 54.9 Å². The number of nitrogens with one attached hydrogen (secondary N) is 2. The smallest absolute Gasteiger partial charge is 0.270 e. The van der Waals surface area contributed by atoms with Gasteiger partial charge in [-0.3, -0.25) is 9.59 Å². The fraction of sp³-hybridized carbons (Fsp3) is 0.273. The highest BCUT2D eigenvalue weighted by atomic mass is 16.2. The third kappa shape index (κ3) is 3.01. The Bertz CT molecular complexity index is 1030. The predicted molar refractivity (Wildman–Crippen MR) is 110 cm³/mol. The summed E-state index contributed by atoms with van der Waals surface area (Å²) < 4.78 is 0. The first-order chi connectivity index (χ1) is 13.7. The average Bonchev–Trinajstić information content (AvgIpc) is 3.17. The maximum atomic E-state index is 12.9. The summed E-state index contributed by atoms with van der Waals surface area (Å²) in [4.78, 5) is 31.9. The Hall–Kier alpha value is -3.28. The van der Waals surface area contributed by atoms with Crippen LogP contribution in [0, 0.1) is 0 Å². The van der Waals surface area contributed by atoms with Crippen LogP contribution in [0.4, 0.5) is 11.4 Å². The number of carbonyl (C=O) groups excluding carboxylic acids is 2. The first-order valence-corrected chi connectivity index (χ1v) is 9.72. The number of aryl methyl sites for hydroxylation is 1. The van der Waals surface area contributed by atoms with Crippen LogP contribution in [0.1, 0.15) is 22.5 Å². The van der Waals surface area contributed by atoms with Crippen LogP contribution in [0.3, 0.4) is 0 Å². The first-order valence-electron chi connectivity index (χ1n) is 9.72. The minimum atomic E-state index is 0.0593. The molecule has 0 bridgehead atoms. The number of hydrogen-bond donors (Lipinski definition) is 2. The van der Waals surface area contributed by atoms with Crippen LogP contribution in [-0.2, 0) is 11.2 Å². The van der Waals surface area contributed by atoms with Crippen LogP contribution in [0.25, 0.3) is 10.9 Å². The van der Waals surface area contributed by atoms with E-state index in [4.69, 9.17) is 0 Å². The topological polar surface area (TPSA) is 68.4 Å². The van der Waals surface area contributed by atoms with Crippen LogP contribution in [0.5, 0.6) is 0 Å². The van der Waals surface area contributed by atoms with Crippen molar-refractivity contribution in [2.24, 2.45) is 0 Å². The van der Waals surface area contributed by atoms with Gasteiger partial charge in [-0.05, 0) is 42.3 Å². The molecule has 2 amide bonds. The highest BCUT2D eigenvalue weighted by molar-refractivity contribution is 5.98. The van der Waals surface area contributed by atoms with E-state index in [1.165, 1.54) is 5.56 Å². The maximum absolute atomic E-state index is 12.9. The van der Waals surface area contributed by atoms with Gasteiger partial charge >= 0.3 is 0 Å². The van der Waals surface area contributed by atoms with Gasteiger partial charge in [0.25, 0.3) is 5.91 Å². The first kappa shape index (κ1) is 16.9. The number of nitrogens with zero attached hydrogens (tertiary/aromatic N) is 2. The summed E-state index contributed by atoms with van der Waals surface area (Å²) in [6, 6.07) is 16.1. The Balaban J connectivity index is 1.27. The van der Waals surface area contributed by atoms with Crippen molar-refractivity contribution in [2.45, 2.75) is 12.8 Å². The Morgan fingerprint density at radius 1 is 0.929 bits per heavy atom. The Morgan fingerprint density at radius 2 is 1.75 bits per heavy atom. The summed E-state index contributed by atoms with van der Waals surface area (Å²) in [6.45, 7) is 3.00. The number of aromatic amines is 1. The summed E-state index contributed by atoms with van der Waals surface area (Å²) in [5.41, 5.74) is 4.92. The molecular formula is C22H22N4O2. The molecule has 3 heterocycles. The largest absolute Gasteiger partial charge is 0.368 e. The van der Waals surface area contributed by atoms with Gasteiger partial charge in [0.2, 0.25) is 5.91 Å². The van der Waals surface area contributed by atoms with E-state index < -0.39 is 0 Å². The van der Waals surface area contributed by atoms with E-state index in [0.29, 0.717) is 25.2 Å². The zero-order chi connectivity index (χ0) is 19.1. The molecule has 3 aromatic rings. The molecule has 142 valence electrons. The summed E-state index contributed by atoms with van der Waals surface area (Å²) in [7, 11) is 0. The molecule has 0 spiro atoms. The van der Waals surface area contributed by atoms with Crippen molar-refractivity contribution in [1.82, 2.24) is 9.88 Å². The molecule has 0 radical (unpaired) electrons. The second-order valence-corrected chi connectivity index (χ2v) is 7.44. The van der Waals surface area contributed by atoms with Crippen LogP contribution < -0.4 is 10.2 Å². The van der Waals surface area contributed by atoms with Crippen molar-refractivity contribution in [1.29, 1.82) is 0 Å². The molecule has 28 heavy (non-hydrogen) atoms. The van der Waals surface area contributed by atoms with Crippen LogP contribution >= 0.6 is 0 Å². The van der Waals surface area contributed by atoms with E-state index in [9.17, 15) is 9.59 Å². The standard InChI is InChI=1S/C22H22N4O2/c27-21-8-5-16-13-17(6-7-19(16)24-21)25-9-11-26(12-10-25)22(28)20-14-15-3-1-2-4-18(15)23-20/h1-4,6-7,13-14,23H,5,8-12H2,(H,24,27). The molecule has 0 aliphatic carbocycles. The molecule has 2 aliphatic heterocycles. The Labute approximate surface area is 163 Å². The van der Waals surface area contributed by atoms with E-state index >= 15 is 0 Å². The van der Waals surface area contributed by atoms with Gasteiger partial charge in [-0.15, -0.1) is 0 Å². The average molecular weight is 374 g/mol. The number of anilines is 2. The molecular weight excluding hydrogens is 352 g/mol. The van der Waals surface area contributed by atoms with Crippen LogP contribution in [0.2, 0.25) is 0 Å². The monoisotopic (exact) mass is 374 g/mol. The number of amides is 2. The van der Waals surface area contributed by atoms with Crippen molar-refractivity contribution in [2.75, 3.05) is 36.4 Å². The summed E-state index contributed by atoms with van der Waals surface area (Å²) in [5, 5.41) is 3.99. The van der Waals surface area contributed by atoms with E-state index in [2.05, 4.69) is 27.3 Å². The number of rotatable bonds is 2. The van der Waals surface area contributed by atoms with E-state index in [0.717, 1.165) is 41.8 Å². The number of benzene rings is 2. The number of H-pyrrole nitrogens is 1. The Kier molecular flexibility index (Phi) is 4.04. The van der Waals surface area contributed by atoms with Crippen molar-refractivity contribution in [3.05, 3.63) is 59.8 Å². The SMILES string of the molecule is O=C1CCc2cc(N3CCN(C(=O)c4cc5ccccc5[nH]4)CC3)ccc2N1. The minimum absolute atomic E-state index is 0.0593. The lowest BCUT2D eigenvalue weighted by molar-refractivity contribution is -0.116. The predicted octanol–water partition coefficient (Wildman–Crippen LogP) is 3.02. The van der Waals surface area contributed by atoms with E-state index in [-0.39, 0.29) is 11.8 Å². The lowest BCUT2D eigenvalue weighted by Crippen LogP contribution is -2.48. The van der Waals surface area contributed by atoms with E-state index in [1.807, 2.05) is 41.3 Å². The summed E-state index contributed by atoms with van der Waals surface area (Å²) in [5.74, 6) is 0.147. The summed E-state index contributed by atoms with van der Waals surface area (Å²) in [6.07, 6.45) is 1.33. The van der Waals surface area contributed by atoms with E-state index in [1.54, 1.807) is 0 Å². The number of para-hydroxylation sites is 1. The van der Waals surface area contributed by atoms with Gasteiger partial charge in [-0.25, -0.2) is 0 Å². The highest BCUT2D eigenvalue weighted by Crippen LogP contribution is 2.28. The number of hydrogen-bond acceptors (Lipinski definition) is 3. The van der Waals surface area contributed by atoms with Crippen molar-refractivity contribution in [3.8, 4) is 0 Å². The van der Waals surface area contributed by atoms with Gasteiger partial charge in [0.05, 0.1) is 0 Å². The molecule has 6 heteroatoms. The van der Waals surface area contributed by atoms with Crippen molar-refractivity contribution in [3.63, 3.8) is 0 Å². The van der Waals surface area contributed by atoms with Crippen LogP contribution in [0.15, 0.2) is 48.5 Å². The van der Waals surface area contributed by atoms with Crippen LogP contribution in [-0.4, -0.2) is 47.9 Å². The lowest BCUT2D eigenvalue weighted by atomic mass is 10.0. The Morgan fingerprint density at radius 3 is 2.57 bits per heavy atom. The third-order valence-corrected chi connectivity index (χ3v) is 5.68. The molecule has 0 saturated carbocycles.